The Hall–Kier alpha value is -1.78. The molecule has 0 saturated heterocycles. The average molecular weight is 210 g/mol. The molecule has 0 aliphatic carbocycles. The van der Waals surface area contributed by atoms with Crippen molar-refractivity contribution in [1.29, 1.82) is 0 Å². The summed E-state index contributed by atoms with van der Waals surface area (Å²) in [4.78, 5) is 22.5. The molecule has 0 amide bonds. The first-order valence-corrected chi connectivity index (χ1v) is 4.61. The predicted octanol–water partition coefficient (Wildman–Crippen LogP) is 0.587. The van der Waals surface area contributed by atoms with E-state index in [0.717, 1.165) is 0 Å². The number of carbonyl (C=O) groups is 1. The molecule has 0 bridgehead atoms. The number of hydrogen-bond donors (Lipinski definition) is 1. The van der Waals surface area contributed by atoms with Crippen molar-refractivity contribution >= 4 is 5.97 Å². The van der Waals surface area contributed by atoms with Gasteiger partial charge in [-0.05, 0) is 13.8 Å². The van der Waals surface area contributed by atoms with Gasteiger partial charge >= 0.3 is 5.97 Å². The van der Waals surface area contributed by atoms with E-state index in [1.165, 1.54) is 19.4 Å². The fourth-order valence-electron chi connectivity index (χ4n) is 1.13. The van der Waals surface area contributed by atoms with Crippen LogP contribution in [0.1, 0.15) is 24.2 Å². The van der Waals surface area contributed by atoms with Gasteiger partial charge in [-0.3, -0.25) is 9.47 Å². The summed E-state index contributed by atoms with van der Waals surface area (Å²) in [5.41, 5.74) is 2.70. The molecule has 0 aliphatic heterocycles. The van der Waals surface area contributed by atoms with Crippen LogP contribution in [0.5, 0.6) is 0 Å². The van der Waals surface area contributed by atoms with Gasteiger partial charge in [-0.2, -0.15) is 0 Å². The lowest BCUT2D eigenvalue weighted by molar-refractivity contribution is 0.0598. The Labute approximate surface area is 87.6 Å². The highest BCUT2D eigenvalue weighted by atomic mass is 16.5. The molecular formula is C10H14N2O3. The molecule has 0 spiro atoms. The van der Waals surface area contributed by atoms with E-state index in [-0.39, 0.29) is 17.0 Å². The first kappa shape index (κ1) is 11.3. The van der Waals surface area contributed by atoms with Crippen LogP contribution in [0.25, 0.3) is 0 Å². The monoisotopic (exact) mass is 210 g/mol. The molecule has 5 nitrogen and oxygen atoms in total. The van der Waals surface area contributed by atoms with E-state index in [4.69, 9.17) is 0 Å². The molecule has 0 aromatic carbocycles. The molecule has 0 aliphatic rings. The van der Waals surface area contributed by atoms with Gasteiger partial charge in [0.25, 0.3) is 0 Å². The van der Waals surface area contributed by atoms with Crippen LogP contribution < -0.4 is 10.9 Å². The smallest absolute Gasteiger partial charge is 0.343 e. The second kappa shape index (κ2) is 4.63. The molecule has 1 heterocycles. The standard InChI is InChI=1S/C10H14N2O3/c1-7(2)11-12-5-4-9(13)8(6-12)10(14)15-3/h4-7,11H,1-3H3. The van der Waals surface area contributed by atoms with Crippen molar-refractivity contribution in [3.63, 3.8) is 0 Å². The number of methoxy groups -OCH3 is 1. The average Bonchev–Trinajstić information content (AvgIpc) is 2.19. The van der Waals surface area contributed by atoms with Crippen LogP contribution in [-0.4, -0.2) is 23.8 Å². The van der Waals surface area contributed by atoms with Crippen LogP contribution >= 0.6 is 0 Å². The Balaban J connectivity index is 3.05. The van der Waals surface area contributed by atoms with Crippen LogP contribution in [0, 0.1) is 0 Å². The second-order valence-electron chi connectivity index (χ2n) is 3.41. The molecule has 82 valence electrons. The fraction of sp³-hybridized carbons (Fsp3) is 0.400. The van der Waals surface area contributed by atoms with Gasteiger partial charge in [0.05, 0.1) is 7.11 Å². The number of rotatable bonds is 3. The van der Waals surface area contributed by atoms with E-state index in [1.54, 1.807) is 10.9 Å². The number of carbonyl (C=O) groups excluding carboxylic acids is 1. The Morgan fingerprint density at radius 1 is 1.53 bits per heavy atom. The molecule has 15 heavy (non-hydrogen) atoms. The molecule has 0 fully saturated rings. The maximum absolute atomic E-state index is 11.3. The summed E-state index contributed by atoms with van der Waals surface area (Å²) in [5, 5.41) is 0. The zero-order valence-corrected chi connectivity index (χ0v) is 8.98. The van der Waals surface area contributed by atoms with Gasteiger partial charge in [0.2, 0.25) is 0 Å². The van der Waals surface area contributed by atoms with Gasteiger partial charge in [0.15, 0.2) is 5.43 Å². The molecule has 0 atom stereocenters. The first-order chi connectivity index (χ1) is 7.04. The van der Waals surface area contributed by atoms with Gasteiger partial charge in [0, 0.05) is 24.5 Å². The maximum atomic E-state index is 11.3. The summed E-state index contributed by atoms with van der Waals surface area (Å²) < 4.78 is 6.06. The fourth-order valence-corrected chi connectivity index (χ4v) is 1.13. The molecule has 1 rings (SSSR count). The largest absolute Gasteiger partial charge is 0.465 e. The zero-order valence-electron chi connectivity index (χ0n) is 8.98. The van der Waals surface area contributed by atoms with Crippen molar-refractivity contribution in [1.82, 2.24) is 4.68 Å². The maximum Gasteiger partial charge on any atom is 0.343 e. The third-order valence-corrected chi connectivity index (χ3v) is 1.73. The first-order valence-electron chi connectivity index (χ1n) is 4.61. The van der Waals surface area contributed by atoms with Crippen LogP contribution in [0.15, 0.2) is 23.3 Å². The highest BCUT2D eigenvalue weighted by Gasteiger charge is 2.10. The van der Waals surface area contributed by atoms with Crippen LogP contribution in [0.4, 0.5) is 0 Å². The van der Waals surface area contributed by atoms with Crippen molar-refractivity contribution in [3.05, 3.63) is 34.2 Å². The minimum absolute atomic E-state index is 0.0214. The van der Waals surface area contributed by atoms with Gasteiger partial charge in [0.1, 0.15) is 5.56 Å². The molecule has 0 unspecified atom stereocenters. The lowest BCUT2D eigenvalue weighted by atomic mass is 10.3. The van der Waals surface area contributed by atoms with E-state index < -0.39 is 5.97 Å². The van der Waals surface area contributed by atoms with Gasteiger partial charge < -0.3 is 10.2 Å². The summed E-state index contributed by atoms with van der Waals surface area (Å²) in [6.07, 6.45) is 2.99. The normalized spacial score (nSPS) is 10.1. The third-order valence-electron chi connectivity index (χ3n) is 1.73. The Morgan fingerprint density at radius 2 is 2.20 bits per heavy atom. The van der Waals surface area contributed by atoms with Crippen molar-refractivity contribution in [2.45, 2.75) is 19.9 Å². The van der Waals surface area contributed by atoms with Gasteiger partial charge in [-0.25, -0.2) is 4.79 Å². The summed E-state index contributed by atoms with van der Waals surface area (Å²) in [5.74, 6) is -0.625. The number of aromatic nitrogens is 1. The Morgan fingerprint density at radius 3 is 2.73 bits per heavy atom. The molecular weight excluding hydrogens is 196 g/mol. The van der Waals surface area contributed by atoms with Crippen LogP contribution in [0.2, 0.25) is 0 Å². The Bertz CT molecular complexity index is 409. The number of nitrogens with one attached hydrogen (secondary N) is 1. The van der Waals surface area contributed by atoms with Crippen molar-refractivity contribution in [3.8, 4) is 0 Å². The van der Waals surface area contributed by atoms with E-state index in [1.807, 2.05) is 13.8 Å². The van der Waals surface area contributed by atoms with E-state index in [0.29, 0.717) is 0 Å². The van der Waals surface area contributed by atoms with Gasteiger partial charge in [-0.15, -0.1) is 0 Å². The number of pyridine rings is 1. The van der Waals surface area contributed by atoms with E-state index in [2.05, 4.69) is 10.2 Å². The van der Waals surface area contributed by atoms with Crippen molar-refractivity contribution < 1.29 is 9.53 Å². The molecule has 0 radical (unpaired) electrons. The quantitative estimate of drug-likeness (QED) is 0.742. The van der Waals surface area contributed by atoms with E-state index in [9.17, 15) is 9.59 Å². The number of esters is 1. The number of hydrogen-bond acceptors (Lipinski definition) is 4. The second-order valence-corrected chi connectivity index (χ2v) is 3.41. The topological polar surface area (TPSA) is 60.3 Å². The molecule has 1 N–H and O–H groups in total. The molecule has 5 heteroatoms. The SMILES string of the molecule is COC(=O)c1cn(NC(C)C)ccc1=O. The summed E-state index contributed by atoms with van der Waals surface area (Å²) >= 11 is 0. The zero-order chi connectivity index (χ0) is 11.4. The third kappa shape index (κ3) is 2.83. The molecule has 1 aromatic rings. The minimum atomic E-state index is -0.625. The Kier molecular flexibility index (Phi) is 3.49. The van der Waals surface area contributed by atoms with Gasteiger partial charge in [-0.1, -0.05) is 0 Å². The lowest BCUT2D eigenvalue weighted by Gasteiger charge is -2.13. The molecule has 1 aromatic heterocycles. The highest BCUT2D eigenvalue weighted by molar-refractivity contribution is 5.88. The molecule has 0 saturated carbocycles. The number of ether oxygens (including phenoxy) is 1. The van der Waals surface area contributed by atoms with Crippen LogP contribution in [0.3, 0.4) is 0 Å². The van der Waals surface area contributed by atoms with Crippen molar-refractivity contribution in [2.24, 2.45) is 0 Å². The van der Waals surface area contributed by atoms with E-state index >= 15 is 0 Å². The summed E-state index contributed by atoms with van der Waals surface area (Å²) in [7, 11) is 1.25. The summed E-state index contributed by atoms with van der Waals surface area (Å²) in [6, 6.07) is 1.53. The highest BCUT2D eigenvalue weighted by Crippen LogP contribution is 1.94. The predicted molar refractivity (Wildman–Crippen MR) is 56.5 cm³/mol. The van der Waals surface area contributed by atoms with Crippen LogP contribution in [-0.2, 0) is 4.74 Å². The minimum Gasteiger partial charge on any atom is -0.465 e. The summed E-state index contributed by atoms with van der Waals surface area (Å²) in [6.45, 7) is 3.91. The lowest BCUT2D eigenvalue weighted by Crippen LogP contribution is -2.26. The van der Waals surface area contributed by atoms with Crippen molar-refractivity contribution in [2.75, 3.05) is 12.5 Å². The number of nitrogens with zero attached hydrogens (tertiary/aromatic N) is 1.